The Morgan fingerprint density at radius 3 is 1.00 bits per heavy atom. The van der Waals surface area contributed by atoms with Crippen molar-refractivity contribution in [2.24, 2.45) is 0 Å². The third-order valence-electron chi connectivity index (χ3n) is 4.96. The smallest absolute Gasteiger partial charge is 0.321 e. The summed E-state index contributed by atoms with van der Waals surface area (Å²) in [7, 11) is -8.52. The highest BCUT2D eigenvalue weighted by Crippen LogP contribution is 2.33. The molecular formula is C22H20N2O6P2+2. The number of benzene rings is 2. The van der Waals surface area contributed by atoms with Gasteiger partial charge in [0.15, 0.2) is 24.8 Å². The van der Waals surface area contributed by atoms with Crippen LogP contribution in [0.1, 0.15) is 0 Å². The third kappa shape index (κ3) is 4.92. The quantitative estimate of drug-likeness (QED) is 0.259. The first-order valence-electron chi connectivity index (χ1n) is 9.47. The van der Waals surface area contributed by atoms with Crippen LogP contribution in [0, 0.1) is 0 Å². The van der Waals surface area contributed by atoms with Gasteiger partial charge in [0.1, 0.15) is 0 Å². The van der Waals surface area contributed by atoms with Gasteiger partial charge in [-0.05, 0) is 35.4 Å². The molecule has 4 aromatic rings. The van der Waals surface area contributed by atoms with E-state index in [0.29, 0.717) is 0 Å². The van der Waals surface area contributed by atoms with Gasteiger partial charge in [-0.3, -0.25) is 9.13 Å². The van der Waals surface area contributed by atoms with Crippen molar-refractivity contribution >= 4 is 25.8 Å². The van der Waals surface area contributed by atoms with Gasteiger partial charge in [0, 0.05) is 48.5 Å². The average molecular weight is 470 g/mol. The number of aromatic nitrogens is 2. The van der Waals surface area contributed by atoms with E-state index < -0.39 is 15.2 Å². The topological polar surface area (TPSA) is 123 Å². The van der Waals surface area contributed by atoms with Crippen LogP contribution >= 0.6 is 15.2 Å². The number of rotatable bonds is 5. The van der Waals surface area contributed by atoms with Gasteiger partial charge in [-0.15, -0.1) is 0 Å². The number of hydrogen-bond donors (Lipinski definition) is 4. The van der Waals surface area contributed by atoms with Crippen LogP contribution in [0.4, 0.5) is 0 Å². The van der Waals surface area contributed by atoms with E-state index in [1.807, 2.05) is 58.2 Å². The number of pyridine rings is 2. The minimum atomic E-state index is -4.26. The van der Waals surface area contributed by atoms with Crippen LogP contribution in [0.5, 0.6) is 0 Å². The van der Waals surface area contributed by atoms with Gasteiger partial charge < -0.3 is 19.6 Å². The minimum absolute atomic E-state index is 0.0209. The Balaban J connectivity index is 1.52. The summed E-state index contributed by atoms with van der Waals surface area (Å²) in [4.78, 5) is 36.9. The van der Waals surface area contributed by atoms with Crippen molar-refractivity contribution in [3.05, 3.63) is 97.6 Å². The van der Waals surface area contributed by atoms with Gasteiger partial charge in [0.05, 0.1) is 10.6 Å². The molecular weight excluding hydrogens is 450 g/mol. The summed E-state index contributed by atoms with van der Waals surface area (Å²) in [5.74, 6) is 0. The van der Waals surface area contributed by atoms with Crippen LogP contribution in [0.3, 0.4) is 0 Å². The number of hydrogen-bond acceptors (Lipinski definition) is 2. The molecule has 0 spiro atoms. The molecule has 0 saturated heterocycles. The Morgan fingerprint density at radius 2 is 0.750 bits per heavy atom. The maximum atomic E-state index is 11.3. The highest BCUT2D eigenvalue weighted by Gasteiger charge is 2.19. The van der Waals surface area contributed by atoms with E-state index in [-0.39, 0.29) is 10.6 Å². The van der Waals surface area contributed by atoms with Crippen LogP contribution in [0.15, 0.2) is 97.6 Å². The molecule has 0 aliphatic heterocycles. The molecule has 2 aromatic heterocycles. The van der Waals surface area contributed by atoms with E-state index in [1.165, 1.54) is 24.3 Å². The molecule has 0 fully saturated rings. The normalized spacial score (nSPS) is 12.0. The van der Waals surface area contributed by atoms with E-state index >= 15 is 0 Å². The molecule has 4 N–H and O–H groups in total. The predicted molar refractivity (Wildman–Crippen MR) is 118 cm³/mol. The van der Waals surface area contributed by atoms with Crippen molar-refractivity contribution in [3.8, 4) is 22.5 Å². The molecule has 0 radical (unpaired) electrons. The van der Waals surface area contributed by atoms with Gasteiger partial charge >= 0.3 is 15.2 Å². The predicted octanol–water partition coefficient (Wildman–Crippen LogP) is 1.51. The first kappa shape index (κ1) is 22.2. The van der Waals surface area contributed by atoms with E-state index in [2.05, 4.69) is 0 Å². The lowest BCUT2D eigenvalue weighted by Crippen LogP contribution is -2.30. The SMILES string of the molecule is O=P(O)(O)c1ccc(-[n+]2ccc(-c3cc[n+](-c4ccc(P(=O)(O)O)cc4)cc3)cc2)cc1. The lowest BCUT2D eigenvalue weighted by molar-refractivity contribution is -0.596. The fourth-order valence-corrected chi connectivity index (χ4v) is 4.29. The van der Waals surface area contributed by atoms with E-state index in [0.717, 1.165) is 22.5 Å². The molecule has 10 heteroatoms. The van der Waals surface area contributed by atoms with Crippen molar-refractivity contribution < 1.29 is 37.8 Å². The van der Waals surface area contributed by atoms with Gasteiger partial charge in [-0.2, -0.15) is 9.13 Å². The van der Waals surface area contributed by atoms with Crippen LogP contribution in [0.2, 0.25) is 0 Å². The zero-order chi connectivity index (χ0) is 22.9. The minimum Gasteiger partial charge on any atom is -0.321 e. The highest BCUT2D eigenvalue weighted by molar-refractivity contribution is 7.60. The van der Waals surface area contributed by atoms with E-state index in [9.17, 15) is 28.7 Å². The van der Waals surface area contributed by atoms with Gasteiger partial charge in [-0.1, -0.05) is 0 Å². The summed E-state index contributed by atoms with van der Waals surface area (Å²) in [6.45, 7) is 0. The zero-order valence-electron chi connectivity index (χ0n) is 16.6. The second-order valence-electron chi connectivity index (χ2n) is 7.11. The Bertz CT molecular complexity index is 1220. The van der Waals surface area contributed by atoms with Gasteiger partial charge in [0.2, 0.25) is 11.4 Å². The molecule has 0 amide bonds. The molecule has 8 nitrogen and oxygen atoms in total. The van der Waals surface area contributed by atoms with Crippen molar-refractivity contribution in [2.45, 2.75) is 0 Å². The van der Waals surface area contributed by atoms with Gasteiger partial charge in [0.25, 0.3) is 0 Å². The highest BCUT2D eigenvalue weighted by atomic mass is 31.2. The lowest BCUT2D eigenvalue weighted by Gasteiger charge is -2.04. The molecule has 4 rings (SSSR count). The van der Waals surface area contributed by atoms with Crippen LogP contribution in [-0.4, -0.2) is 19.6 Å². The molecule has 162 valence electrons. The molecule has 2 aromatic carbocycles. The summed E-state index contributed by atoms with van der Waals surface area (Å²) in [6.07, 6.45) is 7.46. The van der Waals surface area contributed by atoms with Crippen molar-refractivity contribution in [1.29, 1.82) is 0 Å². The Labute approximate surface area is 184 Å². The van der Waals surface area contributed by atoms with Crippen molar-refractivity contribution in [1.82, 2.24) is 0 Å². The van der Waals surface area contributed by atoms with Crippen molar-refractivity contribution in [2.75, 3.05) is 0 Å². The Morgan fingerprint density at radius 1 is 0.469 bits per heavy atom. The molecule has 0 atom stereocenters. The standard InChI is InChI=1S/C22H18N2O6P2/c25-31(26,27)21-5-1-19(2-6-21)23-13-9-17(10-14-23)18-11-15-24(16-12-18)20-3-7-22(8-4-20)32(28,29)30/h1-16H,(H2-2,25,26,27,28,29,30)/p+2. The fraction of sp³-hybridized carbons (Fsp3) is 0. The fourth-order valence-electron chi connectivity index (χ4n) is 3.22. The second-order valence-corrected chi connectivity index (χ2v) is 10.3. The summed E-state index contributed by atoms with van der Waals surface area (Å²) in [5, 5.41) is -0.0418. The number of nitrogens with zero attached hydrogens (tertiary/aromatic N) is 2. The zero-order valence-corrected chi connectivity index (χ0v) is 18.4. The molecule has 2 heterocycles. The largest absolute Gasteiger partial charge is 0.356 e. The van der Waals surface area contributed by atoms with Crippen LogP contribution in [0.25, 0.3) is 22.5 Å². The molecule has 32 heavy (non-hydrogen) atoms. The molecule has 0 unspecified atom stereocenters. The molecule has 0 saturated carbocycles. The summed E-state index contributed by atoms with van der Waals surface area (Å²) < 4.78 is 26.3. The first-order chi connectivity index (χ1) is 15.1. The third-order valence-corrected chi connectivity index (χ3v) is 6.90. The van der Waals surface area contributed by atoms with Gasteiger partial charge in [-0.25, -0.2) is 0 Å². The Kier molecular flexibility index (Phi) is 5.93. The summed E-state index contributed by atoms with van der Waals surface area (Å²) >= 11 is 0. The van der Waals surface area contributed by atoms with Crippen LogP contribution < -0.4 is 19.7 Å². The monoisotopic (exact) mass is 470 g/mol. The Hall–Kier alpha value is -2.96. The first-order valence-corrected chi connectivity index (χ1v) is 12.7. The maximum absolute atomic E-state index is 11.3. The maximum Gasteiger partial charge on any atom is 0.356 e. The average Bonchev–Trinajstić information content (AvgIpc) is 2.78. The summed E-state index contributed by atoms with van der Waals surface area (Å²) in [5.41, 5.74) is 3.52. The molecule has 0 aliphatic carbocycles. The van der Waals surface area contributed by atoms with E-state index in [1.54, 1.807) is 24.3 Å². The van der Waals surface area contributed by atoms with Crippen molar-refractivity contribution in [3.63, 3.8) is 0 Å². The second kappa shape index (κ2) is 8.52. The lowest BCUT2D eigenvalue weighted by atomic mass is 10.1. The molecule has 0 aliphatic rings. The van der Waals surface area contributed by atoms with E-state index in [4.69, 9.17) is 0 Å². The molecule has 0 bridgehead atoms. The summed E-state index contributed by atoms with van der Waals surface area (Å²) in [6, 6.07) is 20.0. The van der Waals surface area contributed by atoms with Crippen LogP contribution in [-0.2, 0) is 9.13 Å².